The smallest absolute Gasteiger partial charge is 0.373 e. The molecule has 0 aliphatic heterocycles. The average molecular weight is 248 g/mol. The van der Waals surface area contributed by atoms with Gasteiger partial charge in [-0.05, 0) is 5.92 Å². The molecule has 0 aliphatic carbocycles. The van der Waals surface area contributed by atoms with Crippen molar-refractivity contribution in [2.75, 3.05) is 24.2 Å². The maximum atomic E-state index is 12.5. The Morgan fingerprint density at radius 1 is 1.24 bits per heavy atom. The van der Waals surface area contributed by atoms with Crippen molar-refractivity contribution in [3.05, 3.63) is 11.9 Å². The number of alkyl halides is 3. The van der Waals surface area contributed by atoms with Gasteiger partial charge in [0.15, 0.2) is 0 Å². The molecule has 1 aromatic rings. The molecule has 1 rings (SSSR count). The van der Waals surface area contributed by atoms with Gasteiger partial charge in [0.05, 0.1) is 0 Å². The molecule has 17 heavy (non-hydrogen) atoms. The molecule has 1 heterocycles. The monoisotopic (exact) mass is 248 g/mol. The van der Waals surface area contributed by atoms with Crippen molar-refractivity contribution < 1.29 is 13.2 Å². The lowest BCUT2D eigenvalue weighted by Gasteiger charge is -2.12. The maximum absolute atomic E-state index is 12.5. The molecule has 0 radical (unpaired) electrons. The third-order valence-corrected chi connectivity index (χ3v) is 1.93. The molecule has 0 aliphatic rings. The minimum atomic E-state index is -4.54. The summed E-state index contributed by atoms with van der Waals surface area (Å²) in [6.45, 7) is 4.47. The average Bonchev–Trinajstić information content (AvgIpc) is 2.24. The van der Waals surface area contributed by atoms with Gasteiger partial charge in [-0.15, -0.1) is 0 Å². The molecule has 0 spiro atoms. The molecule has 0 aromatic carbocycles. The van der Waals surface area contributed by atoms with E-state index >= 15 is 0 Å². The van der Waals surface area contributed by atoms with Crippen LogP contribution in [0.25, 0.3) is 0 Å². The molecular formula is C10H15F3N4. The van der Waals surface area contributed by atoms with E-state index in [0.717, 1.165) is 0 Å². The topological polar surface area (TPSA) is 49.8 Å². The van der Waals surface area contributed by atoms with E-state index in [0.29, 0.717) is 12.5 Å². The summed E-state index contributed by atoms with van der Waals surface area (Å²) in [5.41, 5.74) is 0. The first kappa shape index (κ1) is 13.5. The fourth-order valence-electron chi connectivity index (χ4n) is 1.10. The van der Waals surface area contributed by atoms with Gasteiger partial charge in [0.1, 0.15) is 11.6 Å². The summed E-state index contributed by atoms with van der Waals surface area (Å²) in [7, 11) is 1.51. The molecule has 1 aromatic heterocycles. The summed E-state index contributed by atoms with van der Waals surface area (Å²) < 4.78 is 37.5. The van der Waals surface area contributed by atoms with E-state index in [4.69, 9.17) is 0 Å². The minimum absolute atomic E-state index is 0.138. The van der Waals surface area contributed by atoms with Crippen molar-refractivity contribution in [3.63, 3.8) is 0 Å². The fourth-order valence-corrected chi connectivity index (χ4v) is 1.10. The highest BCUT2D eigenvalue weighted by Crippen LogP contribution is 2.28. The third kappa shape index (κ3) is 4.08. The van der Waals surface area contributed by atoms with Gasteiger partial charge < -0.3 is 10.6 Å². The second-order valence-electron chi connectivity index (χ2n) is 3.98. The van der Waals surface area contributed by atoms with Crippen LogP contribution >= 0.6 is 0 Å². The van der Waals surface area contributed by atoms with Crippen molar-refractivity contribution >= 4 is 11.6 Å². The SMILES string of the molecule is CNc1cc(NCC(C)C)nc(C(F)(F)F)n1. The van der Waals surface area contributed by atoms with Crippen LogP contribution < -0.4 is 10.6 Å². The lowest BCUT2D eigenvalue weighted by molar-refractivity contribution is -0.144. The largest absolute Gasteiger partial charge is 0.451 e. The van der Waals surface area contributed by atoms with Crippen molar-refractivity contribution in [2.24, 2.45) is 5.92 Å². The first-order valence-corrected chi connectivity index (χ1v) is 5.21. The van der Waals surface area contributed by atoms with Gasteiger partial charge in [0.25, 0.3) is 0 Å². The predicted molar refractivity (Wildman–Crippen MR) is 59.9 cm³/mol. The number of nitrogens with one attached hydrogen (secondary N) is 2. The zero-order valence-electron chi connectivity index (χ0n) is 9.89. The molecular weight excluding hydrogens is 233 g/mol. The summed E-state index contributed by atoms with van der Waals surface area (Å²) in [5, 5.41) is 5.42. The highest BCUT2D eigenvalue weighted by Gasteiger charge is 2.35. The Morgan fingerprint density at radius 2 is 1.82 bits per heavy atom. The number of rotatable bonds is 4. The summed E-state index contributed by atoms with van der Waals surface area (Å²) in [5.74, 6) is -0.517. The van der Waals surface area contributed by atoms with Crippen molar-refractivity contribution in [1.29, 1.82) is 0 Å². The number of hydrogen-bond acceptors (Lipinski definition) is 4. The summed E-state index contributed by atoms with van der Waals surface area (Å²) in [6, 6.07) is 1.44. The Balaban J connectivity index is 2.97. The van der Waals surface area contributed by atoms with Crippen molar-refractivity contribution in [3.8, 4) is 0 Å². The van der Waals surface area contributed by atoms with Gasteiger partial charge in [0, 0.05) is 19.7 Å². The Hall–Kier alpha value is -1.53. The van der Waals surface area contributed by atoms with Crippen LogP contribution in [0.5, 0.6) is 0 Å². The van der Waals surface area contributed by atoms with Gasteiger partial charge in [-0.2, -0.15) is 13.2 Å². The number of anilines is 2. The van der Waals surface area contributed by atoms with E-state index in [-0.39, 0.29) is 11.6 Å². The van der Waals surface area contributed by atoms with Gasteiger partial charge >= 0.3 is 6.18 Å². The van der Waals surface area contributed by atoms with E-state index in [1.807, 2.05) is 13.8 Å². The third-order valence-electron chi connectivity index (χ3n) is 1.93. The van der Waals surface area contributed by atoms with Gasteiger partial charge in [-0.1, -0.05) is 13.8 Å². The Kier molecular flexibility index (Phi) is 4.14. The summed E-state index contributed by atoms with van der Waals surface area (Å²) >= 11 is 0. The van der Waals surface area contributed by atoms with E-state index in [1.165, 1.54) is 13.1 Å². The highest BCUT2D eigenvalue weighted by atomic mass is 19.4. The van der Waals surface area contributed by atoms with E-state index in [2.05, 4.69) is 20.6 Å². The number of aromatic nitrogens is 2. The molecule has 4 nitrogen and oxygen atoms in total. The Labute approximate surface area is 97.7 Å². The minimum Gasteiger partial charge on any atom is -0.373 e. The summed E-state index contributed by atoms with van der Waals surface area (Å²) in [6.07, 6.45) is -4.54. The second kappa shape index (κ2) is 5.20. The Morgan fingerprint density at radius 3 is 2.29 bits per heavy atom. The zero-order valence-corrected chi connectivity index (χ0v) is 9.89. The molecule has 0 atom stereocenters. The fraction of sp³-hybridized carbons (Fsp3) is 0.600. The van der Waals surface area contributed by atoms with Crippen molar-refractivity contribution in [2.45, 2.75) is 20.0 Å². The highest BCUT2D eigenvalue weighted by molar-refractivity contribution is 5.47. The molecule has 0 fully saturated rings. The maximum Gasteiger partial charge on any atom is 0.451 e. The molecule has 0 amide bonds. The normalized spacial score (nSPS) is 11.7. The quantitative estimate of drug-likeness (QED) is 0.860. The number of halogens is 3. The van der Waals surface area contributed by atoms with Crippen LogP contribution in [0.1, 0.15) is 19.7 Å². The Bertz CT molecular complexity index is 376. The first-order chi connectivity index (χ1) is 7.82. The van der Waals surface area contributed by atoms with Crippen molar-refractivity contribution in [1.82, 2.24) is 9.97 Å². The zero-order chi connectivity index (χ0) is 13.1. The van der Waals surface area contributed by atoms with Crippen LogP contribution in [0.3, 0.4) is 0 Å². The number of nitrogens with zero attached hydrogens (tertiary/aromatic N) is 2. The lowest BCUT2D eigenvalue weighted by Crippen LogP contribution is -2.16. The molecule has 0 bridgehead atoms. The standard InChI is InChI=1S/C10H15F3N4/c1-6(2)5-15-8-4-7(14-3)16-9(17-8)10(11,12)13/h4,6H,5H2,1-3H3,(H2,14,15,16,17). The van der Waals surface area contributed by atoms with Gasteiger partial charge in [0.2, 0.25) is 5.82 Å². The molecule has 0 unspecified atom stereocenters. The van der Waals surface area contributed by atoms with Crippen LogP contribution in [-0.2, 0) is 6.18 Å². The van der Waals surface area contributed by atoms with E-state index in [9.17, 15) is 13.2 Å². The molecule has 96 valence electrons. The van der Waals surface area contributed by atoms with Gasteiger partial charge in [-0.25, -0.2) is 9.97 Å². The van der Waals surface area contributed by atoms with E-state index in [1.54, 1.807) is 0 Å². The summed E-state index contributed by atoms with van der Waals surface area (Å²) in [4.78, 5) is 6.80. The van der Waals surface area contributed by atoms with E-state index < -0.39 is 12.0 Å². The van der Waals surface area contributed by atoms with Crippen LogP contribution in [0, 0.1) is 5.92 Å². The molecule has 0 saturated heterocycles. The number of hydrogen-bond donors (Lipinski definition) is 2. The second-order valence-corrected chi connectivity index (χ2v) is 3.98. The molecule has 7 heteroatoms. The lowest BCUT2D eigenvalue weighted by atomic mass is 10.2. The van der Waals surface area contributed by atoms with Crippen LogP contribution in [0.4, 0.5) is 24.8 Å². The molecule has 2 N–H and O–H groups in total. The van der Waals surface area contributed by atoms with Crippen LogP contribution in [-0.4, -0.2) is 23.6 Å². The predicted octanol–water partition coefficient (Wildman–Crippen LogP) is 2.61. The first-order valence-electron chi connectivity index (χ1n) is 5.21. The van der Waals surface area contributed by atoms with Crippen LogP contribution in [0.2, 0.25) is 0 Å². The molecule has 0 saturated carbocycles. The van der Waals surface area contributed by atoms with Crippen LogP contribution in [0.15, 0.2) is 6.07 Å². The van der Waals surface area contributed by atoms with Gasteiger partial charge in [-0.3, -0.25) is 0 Å².